The Morgan fingerprint density at radius 3 is 2.64 bits per heavy atom. The van der Waals surface area contributed by atoms with E-state index in [1.54, 1.807) is 18.2 Å². The molecule has 0 unspecified atom stereocenters. The molecule has 2 fully saturated rings. The topological polar surface area (TPSA) is 87.7 Å². The van der Waals surface area contributed by atoms with Crippen molar-refractivity contribution in [3.63, 3.8) is 0 Å². The molecule has 39 heavy (non-hydrogen) atoms. The Hall–Kier alpha value is -3.68. The van der Waals surface area contributed by atoms with Gasteiger partial charge in [0, 0.05) is 28.0 Å². The van der Waals surface area contributed by atoms with E-state index in [-0.39, 0.29) is 23.6 Å². The van der Waals surface area contributed by atoms with E-state index in [4.69, 9.17) is 16.3 Å². The number of amides is 2. The highest BCUT2D eigenvalue weighted by molar-refractivity contribution is 6.31. The lowest BCUT2D eigenvalue weighted by molar-refractivity contribution is -0.137. The Morgan fingerprint density at radius 1 is 1.05 bits per heavy atom. The Morgan fingerprint density at radius 2 is 1.82 bits per heavy atom. The molecular weight excluding hydrogens is 514 g/mol. The van der Waals surface area contributed by atoms with Crippen LogP contribution in [-0.2, 0) is 20.5 Å². The molecule has 7 nitrogen and oxygen atoms in total. The number of carbonyl (C=O) groups is 3. The van der Waals surface area contributed by atoms with Gasteiger partial charge in [-0.1, -0.05) is 41.9 Å². The van der Waals surface area contributed by atoms with Crippen molar-refractivity contribution in [2.24, 2.45) is 5.92 Å². The third-order valence-electron chi connectivity index (χ3n) is 9.10. The maximum absolute atomic E-state index is 14.8. The summed E-state index contributed by atoms with van der Waals surface area (Å²) >= 11 is 6.62. The number of ketones is 1. The molecule has 0 radical (unpaired) electrons. The van der Waals surface area contributed by atoms with Crippen LogP contribution in [0.3, 0.4) is 0 Å². The Kier molecular flexibility index (Phi) is 5.25. The molecule has 0 aliphatic carbocycles. The normalized spacial score (nSPS) is 28.4. The van der Waals surface area contributed by atoms with E-state index in [1.165, 1.54) is 0 Å². The van der Waals surface area contributed by atoms with Crippen LogP contribution in [0.25, 0.3) is 0 Å². The number of para-hydroxylation sites is 2. The van der Waals surface area contributed by atoms with Gasteiger partial charge >= 0.3 is 0 Å². The SMILES string of the molecule is CCOc1ccccc1C(=O)[C@H]1[C@@H]2CCCN2[C@]2(C(=O)Nc3c(C)cc(Cl)cc32)[C@]12C(=O)Nc1ccccc12. The van der Waals surface area contributed by atoms with Crippen molar-refractivity contribution >= 4 is 40.6 Å². The molecule has 2 amide bonds. The fourth-order valence-electron chi connectivity index (χ4n) is 7.93. The molecule has 8 heteroatoms. The van der Waals surface area contributed by atoms with Crippen molar-refractivity contribution in [1.29, 1.82) is 0 Å². The molecule has 3 aromatic rings. The Bertz CT molecular complexity index is 1590. The van der Waals surface area contributed by atoms with Gasteiger partial charge in [-0.3, -0.25) is 19.3 Å². The number of benzene rings is 3. The van der Waals surface area contributed by atoms with E-state index >= 15 is 0 Å². The molecule has 7 rings (SSSR count). The van der Waals surface area contributed by atoms with Crippen LogP contribution in [0.4, 0.5) is 11.4 Å². The highest BCUT2D eigenvalue weighted by atomic mass is 35.5. The first-order valence-electron chi connectivity index (χ1n) is 13.4. The van der Waals surface area contributed by atoms with Gasteiger partial charge < -0.3 is 15.4 Å². The van der Waals surface area contributed by atoms with E-state index < -0.39 is 16.9 Å². The van der Waals surface area contributed by atoms with Gasteiger partial charge in [-0.05, 0) is 74.7 Å². The van der Waals surface area contributed by atoms with Gasteiger partial charge in [0.15, 0.2) is 5.78 Å². The number of hydrogen-bond donors (Lipinski definition) is 2. The molecule has 4 atom stereocenters. The molecular formula is C31H28ClN3O4. The fraction of sp³-hybridized carbons (Fsp3) is 0.323. The van der Waals surface area contributed by atoms with Gasteiger partial charge in [-0.2, -0.15) is 0 Å². The predicted octanol–water partition coefficient (Wildman–Crippen LogP) is 5.06. The fourth-order valence-corrected chi connectivity index (χ4v) is 8.20. The monoisotopic (exact) mass is 541 g/mol. The summed E-state index contributed by atoms with van der Waals surface area (Å²) in [5.74, 6) is -1.19. The number of carbonyl (C=O) groups excluding carboxylic acids is 3. The van der Waals surface area contributed by atoms with Crippen molar-refractivity contribution in [1.82, 2.24) is 4.90 Å². The van der Waals surface area contributed by atoms with E-state index in [9.17, 15) is 14.4 Å². The molecule has 4 heterocycles. The van der Waals surface area contributed by atoms with Gasteiger partial charge in [-0.15, -0.1) is 0 Å². The third-order valence-corrected chi connectivity index (χ3v) is 9.32. The zero-order valence-electron chi connectivity index (χ0n) is 21.7. The molecule has 0 bridgehead atoms. The highest BCUT2D eigenvalue weighted by Gasteiger charge is 2.81. The summed E-state index contributed by atoms with van der Waals surface area (Å²) in [5, 5.41) is 6.66. The minimum absolute atomic E-state index is 0.195. The van der Waals surface area contributed by atoms with Crippen LogP contribution >= 0.6 is 11.6 Å². The second-order valence-electron chi connectivity index (χ2n) is 10.8. The molecule has 2 N–H and O–H groups in total. The Balaban J connectivity index is 1.59. The quantitative estimate of drug-likeness (QED) is 0.451. The summed E-state index contributed by atoms with van der Waals surface area (Å²) in [7, 11) is 0. The largest absolute Gasteiger partial charge is 0.493 e. The van der Waals surface area contributed by atoms with Gasteiger partial charge in [-0.25, -0.2) is 0 Å². The number of fused-ring (bicyclic) bond motifs is 7. The molecule has 0 saturated carbocycles. The highest BCUT2D eigenvalue weighted by Crippen LogP contribution is 2.68. The third kappa shape index (κ3) is 2.84. The lowest BCUT2D eigenvalue weighted by Crippen LogP contribution is -2.62. The number of aryl methyl sites for hydroxylation is 1. The van der Waals surface area contributed by atoms with Crippen LogP contribution in [-0.4, -0.2) is 41.7 Å². The number of rotatable bonds is 4. The van der Waals surface area contributed by atoms with Crippen molar-refractivity contribution in [2.45, 2.75) is 43.7 Å². The van der Waals surface area contributed by atoms with Gasteiger partial charge in [0.2, 0.25) is 5.91 Å². The summed E-state index contributed by atoms with van der Waals surface area (Å²) in [6, 6.07) is 17.9. The summed E-state index contributed by atoms with van der Waals surface area (Å²) in [6.45, 7) is 4.75. The van der Waals surface area contributed by atoms with Gasteiger partial charge in [0.1, 0.15) is 16.7 Å². The van der Waals surface area contributed by atoms with Crippen LogP contribution in [0, 0.1) is 12.8 Å². The second kappa shape index (κ2) is 8.41. The van der Waals surface area contributed by atoms with Crippen molar-refractivity contribution in [2.75, 3.05) is 23.8 Å². The maximum atomic E-state index is 14.8. The maximum Gasteiger partial charge on any atom is 0.251 e. The number of anilines is 2. The van der Waals surface area contributed by atoms with Crippen LogP contribution in [0.5, 0.6) is 5.75 Å². The Labute approximate surface area is 231 Å². The standard InChI is InChI=1S/C31H28ClN3O4/c1-3-39-24-13-7-4-9-19(24)27(36)25-23-12-8-14-35(23)31(21-16-18(32)15-17(2)26(21)34-29(31)38)30(25)20-10-5-6-11-22(20)33-28(30)37/h4-7,9-11,13,15-16,23,25H,3,8,12,14H2,1-2H3,(H,33,37)(H,34,38)/t23-,25+,30-,31+/m0/s1. The van der Waals surface area contributed by atoms with Crippen LogP contribution in [0.1, 0.15) is 46.8 Å². The number of halogens is 1. The summed E-state index contributed by atoms with van der Waals surface area (Å²) in [6.07, 6.45) is 1.50. The van der Waals surface area contributed by atoms with Crippen molar-refractivity contribution < 1.29 is 19.1 Å². The summed E-state index contributed by atoms with van der Waals surface area (Å²) < 4.78 is 5.87. The van der Waals surface area contributed by atoms with Crippen LogP contribution < -0.4 is 15.4 Å². The van der Waals surface area contributed by atoms with Crippen LogP contribution in [0.2, 0.25) is 5.02 Å². The van der Waals surface area contributed by atoms with E-state index in [2.05, 4.69) is 15.5 Å². The first-order chi connectivity index (χ1) is 18.9. The smallest absolute Gasteiger partial charge is 0.251 e. The number of Topliss-reactive ketones (excluding diaryl/α,β-unsaturated/α-hetero) is 1. The van der Waals surface area contributed by atoms with E-state index in [0.29, 0.717) is 58.4 Å². The van der Waals surface area contributed by atoms with Gasteiger partial charge in [0.05, 0.1) is 18.1 Å². The van der Waals surface area contributed by atoms with E-state index in [1.807, 2.05) is 56.3 Å². The average molecular weight is 542 g/mol. The number of nitrogens with zero attached hydrogens (tertiary/aromatic N) is 1. The molecule has 4 aliphatic rings. The summed E-state index contributed by atoms with van der Waals surface area (Å²) in [5.41, 5.74) is 0.881. The van der Waals surface area contributed by atoms with Gasteiger partial charge in [0.25, 0.3) is 5.91 Å². The van der Waals surface area contributed by atoms with E-state index in [0.717, 1.165) is 12.0 Å². The molecule has 4 aliphatic heterocycles. The second-order valence-corrected chi connectivity index (χ2v) is 11.2. The minimum Gasteiger partial charge on any atom is -0.493 e. The average Bonchev–Trinajstić information content (AvgIpc) is 3.64. The molecule has 2 spiro atoms. The predicted molar refractivity (Wildman–Crippen MR) is 148 cm³/mol. The lowest BCUT2D eigenvalue weighted by Gasteiger charge is -2.43. The lowest BCUT2D eigenvalue weighted by atomic mass is 9.57. The van der Waals surface area contributed by atoms with Crippen molar-refractivity contribution in [3.05, 3.63) is 87.9 Å². The molecule has 2 saturated heterocycles. The number of nitrogens with one attached hydrogen (secondary N) is 2. The number of ether oxygens (including phenoxy) is 1. The van der Waals surface area contributed by atoms with Crippen molar-refractivity contribution in [3.8, 4) is 5.75 Å². The summed E-state index contributed by atoms with van der Waals surface area (Å²) in [4.78, 5) is 46.1. The number of hydrogen-bond acceptors (Lipinski definition) is 5. The zero-order valence-corrected chi connectivity index (χ0v) is 22.5. The molecule has 3 aromatic carbocycles. The first kappa shape index (κ1) is 24.4. The molecule has 0 aromatic heterocycles. The zero-order chi connectivity index (χ0) is 27.1. The minimum atomic E-state index is -1.52. The molecule has 198 valence electrons. The first-order valence-corrected chi connectivity index (χ1v) is 13.8. The van der Waals surface area contributed by atoms with Crippen LogP contribution in [0.15, 0.2) is 60.7 Å².